The van der Waals surface area contributed by atoms with Crippen molar-refractivity contribution < 1.29 is 0 Å². The van der Waals surface area contributed by atoms with Gasteiger partial charge in [0.1, 0.15) is 5.01 Å². The van der Waals surface area contributed by atoms with E-state index in [1.165, 1.54) is 23.2 Å². The van der Waals surface area contributed by atoms with E-state index < -0.39 is 0 Å². The van der Waals surface area contributed by atoms with Gasteiger partial charge in [0, 0.05) is 23.7 Å². The molecule has 4 rings (SSSR count). The molecule has 0 saturated heterocycles. The quantitative estimate of drug-likeness (QED) is 0.788. The summed E-state index contributed by atoms with van der Waals surface area (Å²) in [5, 5.41) is 17.7. The standard InChI is InChI=1S/C15H17N5S/c1-9(2)13-17-18-15-20(13)19-14(21-15)11-5-3-7-12-10(11)6-4-8-16-12/h3,5,7,9,16H,4,6,8H2,1-2H3. The molecule has 21 heavy (non-hydrogen) atoms. The number of hydrogen-bond acceptors (Lipinski definition) is 5. The van der Waals surface area contributed by atoms with Gasteiger partial charge >= 0.3 is 0 Å². The fourth-order valence-electron chi connectivity index (χ4n) is 2.81. The Hall–Kier alpha value is -1.95. The van der Waals surface area contributed by atoms with Crippen LogP contribution in [0.4, 0.5) is 5.69 Å². The number of rotatable bonds is 2. The first-order valence-corrected chi connectivity index (χ1v) is 8.14. The summed E-state index contributed by atoms with van der Waals surface area (Å²) in [6.45, 7) is 5.28. The fraction of sp³-hybridized carbons (Fsp3) is 0.400. The third-order valence-corrected chi connectivity index (χ3v) is 4.79. The first-order valence-electron chi connectivity index (χ1n) is 7.32. The van der Waals surface area contributed by atoms with Gasteiger partial charge in [-0.25, -0.2) is 0 Å². The van der Waals surface area contributed by atoms with Gasteiger partial charge in [0.2, 0.25) is 4.96 Å². The lowest BCUT2D eigenvalue weighted by Gasteiger charge is -2.19. The Labute approximate surface area is 127 Å². The number of fused-ring (bicyclic) bond motifs is 2. The van der Waals surface area contributed by atoms with Crippen LogP contribution in [-0.4, -0.2) is 26.4 Å². The minimum absolute atomic E-state index is 0.321. The van der Waals surface area contributed by atoms with Crippen LogP contribution in [0.5, 0.6) is 0 Å². The van der Waals surface area contributed by atoms with E-state index in [1.807, 2.05) is 4.52 Å². The van der Waals surface area contributed by atoms with E-state index in [0.29, 0.717) is 5.92 Å². The van der Waals surface area contributed by atoms with Crippen molar-refractivity contribution in [1.82, 2.24) is 19.8 Å². The van der Waals surface area contributed by atoms with E-state index in [9.17, 15) is 0 Å². The Morgan fingerprint density at radius 2 is 2.19 bits per heavy atom. The molecule has 0 bridgehead atoms. The molecule has 108 valence electrons. The highest BCUT2D eigenvalue weighted by molar-refractivity contribution is 7.19. The summed E-state index contributed by atoms with van der Waals surface area (Å²) in [6.07, 6.45) is 2.28. The van der Waals surface area contributed by atoms with Crippen LogP contribution in [0, 0.1) is 0 Å². The molecule has 0 spiro atoms. The van der Waals surface area contributed by atoms with E-state index in [4.69, 9.17) is 5.10 Å². The minimum atomic E-state index is 0.321. The van der Waals surface area contributed by atoms with Crippen LogP contribution in [0.2, 0.25) is 0 Å². The van der Waals surface area contributed by atoms with E-state index in [2.05, 4.69) is 47.6 Å². The molecule has 0 amide bonds. The topological polar surface area (TPSA) is 55.1 Å². The molecular formula is C15H17N5S. The monoisotopic (exact) mass is 299 g/mol. The van der Waals surface area contributed by atoms with Crippen molar-refractivity contribution in [3.05, 3.63) is 29.6 Å². The highest BCUT2D eigenvalue weighted by Gasteiger charge is 2.19. The summed E-state index contributed by atoms with van der Waals surface area (Å²) < 4.78 is 1.89. The van der Waals surface area contributed by atoms with Crippen molar-refractivity contribution in [3.8, 4) is 10.6 Å². The molecule has 1 N–H and O–H groups in total. The van der Waals surface area contributed by atoms with Crippen LogP contribution in [0.15, 0.2) is 18.2 Å². The van der Waals surface area contributed by atoms with Gasteiger partial charge in [-0.3, -0.25) is 0 Å². The highest BCUT2D eigenvalue weighted by Crippen LogP contribution is 2.35. The number of hydrogen-bond donors (Lipinski definition) is 1. The zero-order chi connectivity index (χ0) is 14.4. The number of nitrogens with zero attached hydrogens (tertiary/aromatic N) is 4. The fourth-order valence-corrected chi connectivity index (χ4v) is 3.71. The molecule has 3 heterocycles. The van der Waals surface area contributed by atoms with Crippen molar-refractivity contribution >= 4 is 22.0 Å². The molecule has 1 aliphatic rings. The average Bonchev–Trinajstić information content (AvgIpc) is 3.06. The maximum atomic E-state index is 4.75. The van der Waals surface area contributed by atoms with Crippen LogP contribution in [0.3, 0.4) is 0 Å². The van der Waals surface area contributed by atoms with Crippen LogP contribution in [0.1, 0.15) is 37.6 Å². The van der Waals surface area contributed by atoms with Gasteiger partial charge in [-0.2, -0.15) is 9.61 Å². The average molecular weight is 299 g/mol. The van der Waals surface area contributed by atoms with Crippen molar-refractivity contribution in [1.29, 1.82) is 0 Å². The molecule has 0 saturated carbocycles. The molecule has 0 radical (unpaired) electrons. The normalized spacial score (nSPS) is 14.4. The Morgan fingerprint density at radius 3 is 3.05 bits per heavy atom. The summed E-state index contributed by atoms with van der Waals surface area (Å²) in [5.41, 5.74) is 3.85. The summed E-state index contributed by atoms with van der Waals surface area (Å²) in [7, 11) is 0. The molecule has 5 nitrogen and oxygen atoms in total. The maximum absolute atomic E-state index is 4.75. The smallest absolute Gasteiger partial charge is 0.234 e. The summed E-state index contributed by atoms with van der Waals surface area (Å²) >= 11 is 1.61. The SMILES string of the molecule is CC(C)c1nnc2sc(-c3cccc4c3CCCN4)nn12. The second-order valence-electron chi connectivity index (χ2n) is 5.68. The predicted octanol–water partition coefficient (Wildman–Crippen LogP) is 3.33. The Kier molecular flexibility index (Phi) is 2.92. The molecule has 0 fully saturated rings. The third-order valence-electron chi connectivity index (χ3n) is 3.86. The van der Waals surface area contributed by atoms with Crippen molar-refractivity contribution in [2.75, 3.05) is 11.9 Å². The van der Waals surface area contributed by atoms with Crippen LogP contribution < -0.4 is 5.32 Å². The predicted molar refractivity (Wildman–Crippen MR) is 85.0 cm³/mol. The molecule has 6 heteroatoms. The Morgan fingerprint density at radius 1 is 1.29 bits per heavy atom. The van der Waals surface area contributed by atoms with Gasteiger partial charge in [-0.05, 0) is 24.5 Å². The lowest BCUT2D eigenvalue weighted by molar-refractivity contribution is 0.726. The van der Waals surface area contributed by atoms with Crippen molar-refractivity contribution in [2.24, 2.45) is 0 Å². The van der Waals surface area contributed by atoms with Crippen LogP contribution in [-0.2, 0) is 6.42 Å². The molecule has 0 aliphatic carbocycles. The van der Waals surface area contributed by atoms with Gasteiger partial charge in [-0.1, -0.05) is 37.3 Å². The molecule has 1 aliphatic heterocycles. The summed E-state index contributed by atoms with van der Waals surface area (Å²) in [6, 6.07) is 6.41. The number of nitrogens with one attached hydrogen (secondary N) is 1. The second kappa shape index (κ2) is 4.80. The minimum Gasteiger partial charge on any atom is -0.385 e. The van der Waals surface area contributed by atoms with Gasteiger partial charge in [0.05, 0.1) is 0 Å². The second-order valence-corrected chi connectivity index (χ2v) is 6.63. The molecular weight excluding hydrogens is 282 g/mol. The van der Waals surface area contributed by atoms with Crippen LogP contribution in [0.25, 0.3) is 15.5 Å². The van der Waals surface area contributed by atoms with E-state index in [1.54, 1.807) is 11.3 Å². The van der Waals surface area contributed by atoms with Gasteiger partial charge in [0.25, 0.3) is 0 Å². The number of benzene rings is 1. The molecule has 1 aromatic carbocycles. The molecule has 0 unspecified atom stereocenters. The van der Waals surface area contributed by atoms with Gasteiger partial charge in [-0.15, -0.1) is 10.2 Å². The number of aromatic nitrogens is 4. The molecule has 2 aromatic heterocycles. The third kappa shape index (κ3) is 2.01. The highest BCUT2D eigenvalue weighted by atomic mass is 32.1. The lowest BCUT2D eigenvalue weighted by atomic mass is 9.98. The van der Waals surface area contributed by atoms with E-state index in [0.717, 1.165) is 28.8 Å². The van der Waals surface area contributed by atoms with E-state index >= 15 is 0 Å². The number of anilines is 1. The van der Waals surface area contributed by atoms with Crippen LogP contribution >= 0.6 is 11.3 Å². The van der Waals surface area contributed by atoms with Crippen molar-refractivity contribution in [3.63, 3.8) is 0 Å². The first-order chi connectivity index (χ1) is 10.2. The largest absolute Gasteiger partial charge is 0.385 e. The Bertz CT molecular complexity index is 802. The van der Waals surface area contributed by atoms with Gasteiger partial charge in [0.15, 0.2) is 5.82 Å². The summed E-state index contributed by atoms with van der Waals surface area (Å²) in [4.78, 5) is 0.870. The van der Waals surface area contributed by atoms with Crippen molar-refractivity contribution in [2.45, 2.75) is 32.6 Å². The first kappa shape index (κ1) is 12.8. The zero-order valence-corrected chi connectivity index (χ0v) is 12.9. The zero-order valence-electron chi connectivity index (χ0n) is 12.1. The van der Waals surface area contributed by atoms with Gasteiger partial charge < -0.3 is 5.32 Å². The van der Waals surface area contributed by atoms with E-state index in [-0.39, 0.29) is 0 Å². The molecule has 0 atom stereocenters. The Balaban J connectivity index is 1.87. The maximum Gasteiger partial charge on any atom is 0.234 e. The summed E-state index contributed by atoms with van der Waals surface area (Å²) in [5.74, 6) is 1.25. The molecule has 3 aromatic rings. The lowest BCUT2D eigenvalue weighted by Crippen LogP contribution is -2.12.